The van der Waals surface area contributed by atoms with Crippen molar-refractivity contribution < 1.29 is 19.4 Å². The van der Waals surface area contributed by atoms with E-state index in [1.54, 1.807) is 6.07 Å². The Kier molecular flexibility index (Phi) is 4.02. The second kappa shape index (κ2) is 5.27. The number of anilines is 1. The van der Waals surface area contributed by atoms with Crippen molar-refractivity contribution in [2.24, 2.45) is 0 Å². The van der Waals surface area contributed by atoms with Crippen molar-refractivity contribution in [3.8, 4) is 11.8 Å². The lowest BCUT2D eigenvalue weighted by atomic mass is 10.1. The minimum atomic E-state index is -10.0. The van der Waals surface area contributed by atoms with E-state index in [9.17, 15) is 24.7 Å². The fourth-order valence-electron chi connectivity index (χ4n) is 2.53. The van der Waals surface area contributed by atoms with Gasteiger partial charge in [0.15, 0.2) is 5.69 Å². The lowest BCUT2D eigenvalue weighted by Gasteiger charge is -2.40. The number of benzene rings is 1. The summed E-state index contributed by atoms with van der Waals surface area (Å²) in [6.07, 6.45) is 0.269. The van der Waals surface area contributed by atoms with E-state index in [1.807, 2.05) is 0 Å². The molecule has 27 heavy (non-hydrogen) atoms. The first-order valence-electron chi connectivity index (χ1n) is 6.86. The van der Waals surface area contributed by atoms with Crippen molar-refractivity contribution in [2.45, 2.75) is 21.6 Å². The van der Waals surface area contributed by atoms with Crippen LogP contribution >= 0.6 is 56.6 Å². The molecule has 0 aliphatic heterocycles. The molecule has 1 unspecified atom stereocenters. The zero-order valence-corrected chi connectivity index (χ0v) is 16.5. The van der Waals surface area contributed by atoms with Gasteiger partial charge in [-0.1, -0.05) is 42.6 Å². The first-order chi connectivity index (χ1) is 12.0. The maximum absolute atomic E-state index is 13.0. The van der Waals surface area contributed by atoms with Crippen LogP contribution < -0.4 is 5.73 Å². The average Bonchev–Trinajstić information content (AvgIpc) is 2.95. The predicted molar refractivity (Wildman–Crippen MR) is 95.9 cm³/mol. The third-order valence-corrected chi connectivity index (χ3v) is 6.43. The molecule has 0 bridgehead atoms. The summed E-state index contributed by atoms with van der Waals surface area (Å²) < 4.78 is 64.7. The van der Waals surface area contributed by atoms with Gasteiger partial charge < -0.3 is 5.73 Å². The lowest BCUT2D eigenvalue weighted by molar-refractivity contribution is 0.364. The molecule has 148 valence electrons. The van der Waals surface area contributed by atoms with Crippen LogP contribution in [0.25, 0.3) is 5.69 Å². The smallest absolute Gasteiger partial charge is 0.310 e. The summed E-state index contributed by atoms with van der Waals surface area (Å²) in [6, 6.07) is 1.82. The van der Waals surface area contributed by atoms with E-state index in [0.29, 0.717) is 0 Å². The van der Waals surface area contributed by atoms with Crippen LogP contribution in [0, 0.1) is 11.3 Å². The molecule has 3 rings (SSSR count). The average molecular weight is 488 g/mol. The topological polar surface area (TPSA) is 67.6 Å². The van der Waals surface area contributed by atoms with Gasteiger partial charge in [-0.3, -0.25) is 0 Å². The molecule has 14 heteroatoms. The Bertz CT molecular complexity index is 1010. The Hall–Kier alpha value is -1.12. The molecule has 1 heterocycles. The van der Waals surface area contributed by atoms with E-state index >= 15 is 0 Å². The van der Waals surface area contributed by atoms with Gasteiger partial charge in [-0.2, -0.15) is 10.4 Å². The number of halogens is 9. The second-order valence-electron chi connectivity index (χ2n) is 5.89. The quantitative estimate of drug-likeness (QED) is 0.376. The summed E-state index contributed by atoms with van der Waals surface area (Å²) in [4.78, 5) is -2.26. The highest BCUT2D eigenvalue weighted by Gasteiger charge is 2.65. The molecular formula is C13H7Cl4F5N4S. The fourth-order valence-corrected chi connectivity index (χ4v) is 4.52. The molecule has 1 aromatic heterocycles. The predicted octanol–water partition coefficient (Wildman–Crippen LogP) is 6.95. The normalized spacial score (nSPS) is 21.3. The monoisotopic (exact) mass is 486 g/mol. The number of nitrogens with two attached hydrogens (primary N) is 1. The number of aromatic nitrogens is 2. The molecule has 1 fully saturated rings. The third kappa shape index (κ3) is 3.63. The van der Waals surface area contributed by atoms with Gasteiger partial charge >= 0.3 is 10.2 Å². The van der Waals surface area contributed by atoms with E-state index < -0.39 is 35.4 Å². The standard InChI is InChI=1S/C13H7Cl4F5N4S/c14-7-1-5(27(18,19,20,21)22)2-8(15)11(7)26-12(24)10(9(4-23)25-26)6-3-13(6,16)17/h1-2,6H,3,24H2. The summed E-state index contributed by atoms with van der Waals surface area (Å²) >= 11 is 23.5. The van der Waals surface area contributed by atoms with Gasteiger partial charge in [-0.25, -0.2) is 4.68 Å². The Balaban J connectivity index is 2.21. The summed E-state index contributed by atoms with van der Waals surface area (Å²) in [5.41, 5.74) is 5.53. The number of nitrogens with zero attached hydrogens (tertiary/aromatic N) is 3. The molecule has 1 atom stereocenters. The number of nitrogen functional groups attached to an aromatic ring is 1. The molecule has 0 amide bonds. The van der Waals surface area contributed by atoms with Crippen LogP contribution in [0.2, 0.25) is 10.0 Å². The van der Waals surface area contributed by atoms with Gasteiger partial charge in [0.2, 0.25) is 0 Å². The number of nitriles is 1. The Morgan fingerprint density at radius 1 is 1.19 bits per heavy atom. The van der Waals surface area contributed by atoms with E-state index in [1.165, 1.54) is 0 Å². The van der Waals surface area contributed by atoms with E-state index in [0.717, 1.165) is 4.68 Å². The Labute approximate surface area is 169 Å². The van der Waals surface area contributed by atoms with Gasteiger partial charge in [0.25, 0.3) is 0 Å². The van der Waals surface area contributed by atoms with Crippen molar-refractivity contribution in [1.29, 1.82) is 5.26 Å². The first kappa shape index (κ1) is 20.6. The molecular weight excluding hydrogens is 481 g/mol. The molecule has 1 aromatic carbocycles. The minimum Gasteiger partial charge on any atom is -0.383 e. The number of hydrogen-bond donors (Lipinski definition) is 1. The number of alkyl halides is 2. The van der Waals surface area contributed by atoms with Crippen LogP contribution in [0.1, 0.15) is 23.6 Å². The molecule has 0 saturated heterocycles. The van der Waals surface area contributed by atoms with Crippen LogP contribution in [-0.2, 0) is 0 Å². The van der Waals surface area contributed by atoms with Crippen molar-refractivity contribution >= 4 is 62.4 Å². The number of rotatable bonds is 3. The van der Waals surface area contributed by atoms with Gasteiger partial charge in [0.05, 0.1) is 10.0 Å². The molecule has 1 saturated carbocycles. The Morgan fingerprint density at radius 3 is 2.04 bits per heavy atom. The third-order valence-electron chi connectivity index (χ3n) is 3.89. The van der Waals surface area contributed by atoms with E-state index in [4.69, 9.17) is 52.1 Å². The van der Waals surface area contributed by atoms with Crippen molar-refractivity contribution in [1.82, 2.24) is 9.78 Å². The summed E-state index contributed by atoms with van der Waals surface area (Å²) in [6.45, 7) is 0. The fraction of sp³-hybridized carbons (Fsp3) is 0.231. The minimum absolute atomic E-state index is 0.0294. The van der Waals surface area contributed by atoms with Crippen LogP contribution in [0.4, 0.5) is 25.2 Å². The van der Waals surface area contributed by atoms with E-state index in [2.05, 4.69) is 5.10 Å². The lowest BCUT2D eigenvalue weighted by Crippen LogP contribution is -2.09. The molecule has 0 radical (unpaired) electrons. The van der Waals surface area contributed by atoms with Crippen molar-refractivity contribution in [3.05, 3.63) is 33.4 Å². The SMILES string of the molecule is N#Cc1nn(-c2c(Cl)cc(S(F)(F)(F)(F)F)cc2Cl)c(N)c1C1CC1(Cl)Cl. The highest BCUT2D eigenvalue weighted by molar-refractivity contribution is 8.45. The van der Waals surface area contributed by atoms with Gasteiger partial charge in [0.1, 0.15) is 26.8 Å². The highest BCUT2D eigenvalue weighted by Crippen LogP contribution is 3.02. The highest BCUT2D eigenvalue weighted by atomic mass is 35.5. The zero-order chi connectivity index (χ0) is 20.6. The second-order valence-corrected chi connectivity index (χ2v) is 10.7. The molecule has 1 aliphatic carbocycles. The molecule has 0 spiro atoms. The van der Waals surface area contributed by atoms with Gasteiger partial charge in [0, 0.05) is 11.5 Å². The zero-order valence-electron chi connectivity index (χ0n) is 12.7. The van der Waals surface area contributed by atoms with Crippen LogP contribution in [0.5, 0.6) is 0 Å². The summed E-state index contributed by atoms with van der Waals surface area (Å²) in [7, 11) is -10.0. The summed E-state index contributed by atoms with van der Waals surface area (Å²) in [5, 5.41) is 11.5. The Morgan fingerprint density at radius 2 is 1.67 bits per heavy atom. The van der Waals surface area contributed by atoms with Gasteiger partial charge in [-0.15, -0.1) is 23.2 Å². The van der Waals surface area contributed by atoms with Gasteiger partial charge in [-0.05, 0) is 18.6 Å². The molecule has 2 N–H and O–H groups in total. The molecule has 1 aliphatic rings. The van der Waals surface area contributed by atoms with Crippen LogP contribution in [0.15, 0.2) is 17.0 Å². The molecule has 2 aromatic rings. The van der Waals surface area contributed by atoms with Crippen molar-refractivity contribution in [2.75, 3.05) is 5.73 Å². The van der Waals surface area contributed by atoms with Crippen LogP contribution in [0.3, 0.4) is 0 Å². The van der Waals surface area contributed by atoms with E-state index in [-0.39, 0.29) is 41.3 Å². The maximum atomic E-state index is 13.0. The number of hydrogen-bond acceptors (Lipinski definition) is 3. The molecule has 4 nitrogen and oxygen atoms in total. The van der Waals surface area contributed by atoms with Crippen LogP contribution in [-0.4, -0.2) is 14.1 Å². The van der Waals surface area contributed by atoms with Crippen molar-refractivity contribution in [3.63, 3.8) is 0 Å². The maximum Gasteiger partial charge on any atom is 0.310 e. The summed E-state index contributed by atoms with van der Waals surface area (Å²) in [5.74, 6) is -0.727. The largest absolute Gasteiger partial charge is 0.383 e. The first-order valence-corrected chi connectivity index (χ1v) is 10.3.